The third kappa shape index (κ3) is 3.29. The molecule has 18 heavy (non-hydrogen) atoms. The molecule has 1 aliphatic heterocycles. The van der Waals surface area contributed by atoms with Gasteiger partial charge in [0.05, 0.1) is 4.47 Å². The molecular weight excluding hydrogens is 300 g/mol. The normalized spacial score (nSPS) is 23.7. The first kappa shape index (κ1) is 13.9. The summed E-state index contributed by atoms with van der Waals surface area (Å²) in [7, 11) is 0. The van der Waals surface area contributed by atoms with Crippen molar-refractivity contribution in [1.29, 1.82) is 0 Å². The summed E-state index contributed by atoms with van der Waals surface area (Å²) >= 11 is 3.14. The lowest BCUT2D eigenvalue weighted by molar-refractivity contribution is 0.0833. The Hall–Kier alpha value is -0.480. The van der Waals surface area contributed by atoms with Gasteiger partial charge in [0.1, 0.15) is 11.5 Å². The molecular formula is C14H18BrF2N. The SMILES string of the molecule is CC(F)(Cc1ccc(F)c(Br)c1)C1CCCNC1. The molecule has 2 rings (SSSR count). The molecule has 0 aromatic heterocycles. The van der Waals surface area contributed by atoms with Crippen LogP contribution in [-0.4, -0.2) is 18.8 Å². The van der Waals surface area contributed by atoms with Crippen LogP contribution in [0.1, 0.15) is 25.3 Å². The van der Waals surface area contributed by atoms with Crippen LogP contribution in [0.25, 0.3) is 0 Å². The number of nitrogens with one attached hydrogen (secondary N) is 1. The van der Waals surface area contributed by atoms with E-state index in [2.05, 4.69) is 21.2 Å². The molecule has 0 saturated carbocycles. The van der Waals surface area contributed by atoms with Crippen molar-refractivity contribution in [2.24, 2.45) is 5.92 Å². The molecule has 4 heteroatoms. The molecule has 1 N–H and O–H groups in total. The molecule has 1 nitrogen and oxygen atoms in total. The summed E-state index contributed by atoms with van der Waals surface area (Å²) in [6, 6.07) is 4.71. The maximum atomic E-state index is 14.7. The Balaban J connectivity index is 2.08. The molecule has 1 aromatic carbocycles. The molecule has 0 amide bonds. The smallest absolute Gasteiger partial charge is 0.137 e. The van der Waals surface area contributed by atoms with Gasteiger partial charge in [-0.05, 0) is 59.9 Å². The minimum Gasteiger partial charge on any atom is -0.316 e. The molecule has 1 fully saturated rings. The Morgan fingerprint density at radius 1 is 1.50 bits per heavy atom. The van der Waals surface area contributed by atoms with Gasteiger partial charge in [0.25, 0.3) is 0 Å². The van der Waals surface area contributed by atoms with E-state index in [1.54, 1.807) is 19.1 Å². The lowest BCUT2D eigenvalue weighted by atomic mass is 9.81. The quantitative estimate of drug-likeness (QED) is 0.892. The van der Waals surface area contributed by atoms with Gasteiger partial charge < -0.3 is 5.32 Å². The molecule has 1 aliphatic rings. The summed E-state index contributed by atoms with van der Waals surface area (Å²) in [5.74, 6) is -0.270. The predicted molar refractivity (Wildman–Crippen MR) is 72.9 cm³/mol. The second kappa shape index (κ2) is 5.66. The first-order chi connectivity index (χ1) is 8.49. The van der Waals surface area contributed by atoms with Crippen LogP contribution in [0.2, 0.25) is 0 Å². The van der Waals surface area contributed by atoms with Gasteiger partial charge in [0, 0.05) is 18.9 Å². The molecule has 1 aromatic rings. The van der Waals surface area contributed by atoms with Crippen molar-refractivity contribution < 1.29 is 8.78 Å². The van der Waals surface area contributed by atoms with E-state index in [0.717, 1.165) is 31.5 Å². The van der Waals surface area contributed by atoms with Crippen molar-refractivity contribution in [3.8, 4) is 0 Å². The van der Waals surface area contributed by atoms with Crippen LogP contribution in [0.3, 0.4) is 0 Å². The van der Waals surface area contributed by atoms with Crippen molar-refractivity contribution in [2.45, 2.75) is 31.9 Å². The minimum atomic E-state index is -1.25. The van der Waals surface area contributed by atoms with Crippen LogP contribution < -0.4 is 5.32 Å². The molecule has 0 radical (unpaired) electrons. The Kier molecular flexibility index (Phi) is 4.38. The molecule has 0 aliphatic carbocycles. The lowest BCUT2D eigenvalue weighted by Crippen LogP contribution is -2.42. The third-order valence-electron chi connectivity index (χ3n) is 3.68. The van der Waals surface area contributed by atoms with Gasteiger partial charge in [0.2, 0.25) is 0 Å². The van der Waals surface area contributed by atoms with Crippen molar-refractivity contribution in [3.05, 3.63) is 34.1 Å². The Morgan fingerprint density at radius 2 is 2.28 bits per heavy atom. The van der Waals surface area contributed by atoms with E-state index < -0.39 is 5.67 Å². The number of hydrogen-bond acceptors (Lipinski definition) is 1. The molecule has 2 atom stereocenters. The summed E-state index contributed by atoms with van der Waals surface area (Å²) in [5, 5.41) is 3.24. The topological polar surface area (TPSA) is 12.0 Å². The summed E-state index contributed by atoms with van der Waals surface area (Å²) in [6.07, 6.45) is 2.28. The lowest BCUT2D eigenvalue weighted by Gasteiger charge is -2.34. The van der Waals surface area contributed by atoms with Gasteiger partial charge in [-0.25, -0.2) is 8.78 Å². The monoisotopic (exact) mass is 317 g/mol. The number of piperidine rings is 1. The third-order valence-corrected chi connectivity index (χ3v) is 4.29. The van der Waals surface area contributed by atoms with E-state index in [0.29, 0.717) is 10.9 Å². The van der Waals surface area contributed by atoms with E-state index in [4.69, 9.17) is 0 Å². The summed E-state index contributed by atoms with van der Waals surface area (Å²) in [4.78, 5) is 0. The molecule has 1 saturated heterocycles. The van der Waals surface area contributed by atoms with E-state index in [1.807, 2.05) is 0 Å². The van der Waals surface area contributed by atoms with Gasteiger partial charge in [-0.2, -0.15) is 0 Å². The fraction of sp³-hybridized carbons (Fsp3) is 0.571. The Labute approximate surface area is 115 Å². The highest BCUT2D eigenvalue weighted by molar-refractivity contribution is 9.10. The van der Waals surface area contributed by atoms with E-state index in [-0.39, 0.29) is 11.7 Å². The molecule has 0 bridgehead atoms. The number of alkyl halides is 1. The van der Waals surface area contributed by atoms with Gasteiger partial charge in [-0.15, -0.1) is 0 Å². The van der Waals surface area contributed by atoms with Crippen LogP contribution in [0.4, 0.5) is 8.78 Å². The largest absolute Gasteiger partial charge is 0.316 e. The standard InChI is InChI=1S/C14H18BrF2N/c1-14(17,11-3-2-6-18-9-11)8-10-4-5-13(16)12(15)7-10/h4-5,7,11,18H,2-3,6,8-9H2,1H3. The highest BCUT2D eigenvalue weighted by atomic mass is 79.9. The zero-order valence-electron chi connectivity index (χ0n) is 10.5. The average Bonchev–Trinajstić information content (AvgIpc) is 2.35. The number of halogens is 3. The van der Waals surface area contributed by atoms with E-state index in [1.165, 1.54) is 6.07 Å². The highest BCUT2D eigenvalue weighted by Crippen LogP contribution is 2.32. The summed E-state index contributed by atoms with van der Waals surface area (Å²) in [6.45, 7) is 3.37. The number of rotatable bonds is 3. The molecule has 100 valence electrons. The molecule has 2 unspecified atom stereocenters. The van der Waals surface area contributed by atoms with Crippen LogP contribution in [0.15, 0.2) is 22.7 Å². The van der Waals surface area contributed by atoms with Gasteiger partial charge in [-0.1, -0.05) is 6.07 Å². The highest BCUT2D eigenvalue weighted by Gasteiger charge is 2.35. The number of hydrogen-bond donors (Lipinski definition) is 1. The average molecular weight is 318 g/mol. The van der Waals surface area contributed by atoms with Gasteiger partial charge in [-0.3, -0.25) is 0 Å². The van der Waals surface area contributed by atoms with Crippen molar-refractivity contribution in [1.82, 2.24) is 5.32 Å². The van der Waals surface area contributed by atoms with Crippen LogP contribution in [-0.2, 0) is 6.42 Å². The van der Waals surface area contributed by atoms with E-state index >= 15 is 0 Å². The van der Waals surface area contributed by atoms with Crippen LogP contribution >= 0.6 is 15.9 Å². The zero-order valence-corrected chi connectivity index (χ0v) is 12.1. The predicted octanol–water partition coefficient (Wildman–Crippen LogP) is 3.86. The summed E-state index contributed by atoms with van der Waals surface area (Å²) in [5.41, 5.74) is -0.413. The summed E-state index contributed by atoms with van der Waals surface area (Å²) < 4.78 is 28.3. The Bertz CT molecular complexity index is 414. The number of benzene rings is 1. The van der Waals surface area contributed by atoms with Crippen LogP contribution in [0, 0.1) is 11.7 Å². The second-order valence-electron chi connectivity index (χ2n) is 5.25. The minimum absolute atomic E-state index is 0.0371. The maximum Gasteiger partial charge on any atom is 0.137 e. The fourth-order valence-electron chi connectivity index (χ4n) is 2.56. The van der Waals surface area contributed by atoms with Gasteiger partial charge in [0.15, 0.2) is 0 Å². The first-order valence-electron chi connectivity index (χ1n) is 6.32. The second-order valence-corrected chi connectivity index (χ2v) is 6.10. The molecule has 0 spiro atoms. The van der Waals surface area contributed by atoms with Crippen molar-refractivity contribution in [2.75, 3.05) is 13.1 Å². The Morgan fingerprint density at radius 3 is 2.89 bits per heavy atom. The molecule has 1 heterocycles. The van der Waals surface area contributed by atoms with Crippen molar-refractivity contribution in [3.63, 3.8) is 0 Å². The van der Waals surface area contributed by atoms with Crippen LogP contribution in [0.5, 0.6) is 0 Å². The zero-order chi connectivity index (χ0) is 13.2. The first-order valence-corrected chi connectivity index (χ1v) is 7.12. The van der Waals surface area contributed by atoms with E-state index in [9.17, 15) is 8.78 Å². The maximum absolute atomic E-state index is 14.7. The van der Waals surface area contributed by atoms with Crippen molar-refractivity contribution >= 4 is 15.9 Å². The fourth-order valence-corrected chi connectivity index (χ4v) is 2.98. The van der Waals surface area contributed by atoms with Gasteiger partial charge >= 0.3 is 0 Å².